The fraction of sp³-hybridized carbons (Fsp3) is 0.364. The molecule has 0 bridgehead atoms. The Balaban J connectivity index is 2.46. The van der Waals surface area contributed by atoms with E-state index in [1.54, 1.807) is 13.0 Å². The number of nitrogens with two attached hydrogens (primary N) is 1. The van der Waals surface area contributed by atoms with E-state index in [0.29, 0.717) is 24.1 Å². The van der Waals surface area contributed by atoms with E-state index in [1.165, 1.54) is 6.07 Å². The molecule has 4 heteroatoms. The molecule has 1 aliphatic rings. The second kappa shape index (κ2) is 3.62. The van der Waals surface area contributed by atoms with Crippen molar-refractivity contribution in [3.63, 3.8) is 0 Å². The summed E-state index contributed by atoms with van der Waals surface area (Å²) in [6, 6.07) is 2.77. The minimum Gasteiger partial charge on any atom is -0.326 e. The van der Waals surface area contributed by atoms with E-state index in [1.807, 2.05) is 0 Å². The highest BCUT2D eigenvalue weighted by Crippen LogP contribution is 2.27. The van der Waals surface area contributed by atoms with Crippen LogP contribution in [0.4, 0.5) is 10.1 Å². The molecule has 1 aromatic carbocycles. The van der Waals surface area contributed by atoms with Crippen LogP contribution in [0.15, 0.2) is 12.1 Å². The van der Waals surface area contributed by atoms with Crippen LogP contribution in [-0.4, -0.2) is 5.91 Å². The monoisotopic (exact) mass is 208 g/mol. The molecule has 2 rings (SSSR count). The van der Waals surface area contributed by atoms with Crippen molar-refractivity contribution in [1.29, 1.82) is 0 Å². The Kier molecular flexibility index (Phi) is 2.44. The first-order valence-electron chi connectivity index (χ1n) is 4.95. The van der Waals surface area contributed by atoms with E-state index >= 15 is 0 Å². The first kappa shape index (κ1) is 10.1. The highest BCUT2D eigenvalue weighted by atomic mass is 19.1. The van der Waals surface area contributed by atoms with Crippen molar-refractivity contribution in [3.8, 4) is 0 Å². The Morgan fingerprint density at radius 3 is 2.87 bits per heavy atom. The quantitative estimate of drug-likeness (QED) is 0.738. The molecule has 0 aromatic heterocycles. The molecule has 0 radical (unpaired) electrons. The number of carbonyl (C=O) groups excluding carboxylic acids is 1. The summed E-state index contributed by atoms with van der Waals surface area (Å²) < 4.78 is 13.5. The summed E-state index contributed by atoms with van der Waals surface area (Å²) in [5, 5.41) is 2.65. The van der Waals surface area contributed by atoms with E-state index in [-0.39, 0.29) is 17.8 Å². The van der Waals surface area contributed by atoms with Gasteiger partial charge in [-0.2, -0.15) is 0 Å². The smallest absolute Gasteiger partial charge is 0.224 e. The summed E-state index contributed by atoms with van der Waals surface area (Å²) in [7, 11) is 0. The number of carbonyl (C=O) groups is 1. The van der Waals surface area contributed by atoms with Gasteiger partial charge in [0.1, 0.15) is 5.82 Å². The van der Waals surface area contributed by atoms with E-state index in [4.69, 9.17) is 5.73 Å². The fourth-order valence-electron chi connectivity index (χ4n) is 1.77. The van der Waals surface area contributed by atoms with Crippen molar-refractivity contribution in [1.82, 2.24) is 0 Å². The zero-order chi connectivity index (χ0) is 11.0. The molecule has 3 N–H and O–H groups in total. The van der Waals surface area contributed by atoms with Crippen molar-refractivity contribution in [2.75, 3.05) is 5.32 Å². The number of nitrogens with one attached hydrogen (secondary N) is 1. The van der Waals surface area contributed by atoms with E-state index in [0.717, 1.165) is 5.56 Å². The lowest BCUT2D eigenvalue weighted by Gasteiger charge is -2.19. The molecule has 80 valence electrons. The number of anilines is 1. The molecule has 1 heterocycles. The van der Waals surface area contributed by atoms with Gasteiger partial charge in [0.2, 0.25) is 5.91 Å². The van der Waals surface area contributed by atoms with Crippen LogP contribution in [0.25, 0.3) is 0 Å². The zero-order valence-corrected chi connectivity index (χ0v) is 8.51. The molecule has 1 aromatic rings. The first-order chi connectivity index (χ1) is 7.08. The van der Waals surface area contributed by atoms with Gasteiger partial charge in [0, 0.05) is 23.7 Å². The van der Waals surface area contributed by atoms with Gasteiger partial charge >= 0.3 is 0 Å². The largest absolute Gasteiger partial charge is 0.326 e. The van der Waals surface area contributed by atoms with Crippen LogP contribution in [0.1, 0.15) is 30.5 Å². The molecule has 1 amide bonds. The van der Waals surface area contributed by atoms with Crippen LogP contribution < -0.4 is 11.1 Å². The van der Waals surface area contributed by atoms with Crippen LogP contribution in [0.3, 0.4) is 0 Å². The number of fused-ring (bicyclic) bond motifs is 1. The number of hydrogen-bond donors (Lipinski definition) is 2. The van der Waals surface area contributed by atoms with E-state index in [9.17, 15) is 9.18 Å². The summed E-state index contributed by atoms with van der Waals surface area (Å²) in [5.74, 6) is -0.415. The van der Waals surface area contributed by atoms with Gasteiger partial charge in [-0.3, -0.25) is 4.79 Å². The van der Waals surface area contributed by atoms with E-state index in [2.05, 4.69) is 5.32 Å². The molecule has 0 unspecified atom stereocenters. The number of amides is 1. The van der Waals surface area contributed by atoms with Crippen LogP contribution in [0.2, 0.25) is 0 Å². The predicted molar refractivity (Wildman–Crippen MR) is 56.0 cm³/mol. The van der Waals surface area contributed by atoms with Crippen LogP contribution in [0, 0.1) is 5.82 Å². The van der Waals surface area contributed by atoms with Gasteiger partial charge in [0.25, 0.3) is 0 Å². The van der Waals surface area contributed by atoms with Crippen molar-refractivity contribution >= 4 is 11.6 Å². The fourth-order valence-corrected chi connectivity index (χ4v) is 1.77. The Morgan fingerprint density at radius 1 is 1.47 bits per heavy atom. The standard InChI is InChI=1S/C11H13FN2O/c1-6(13)8-4-7-2-3-11(15)14-10(7)5-9(8)12/h4-6H,2-3,13H2,1H3,(H,14,15)/t6-/m1/s1. The van der Waals surface area contributed by atoms with Gasteiger partial charge in [-0.15, -0.1) is 0 Å². The van der Waals surface area contributed by atoms with Gasteiger partial charge in [0.15, 0.2) is 0 Å². The molecule has 3 nitrogen and oxygen atoms in total. The van der Waals surface area contributed by atoms with Crippen molar-refractivity contribution in [3.05, 3.63) is 29.1 Å². The van der Waals surface area contributed by atoms with Crippen LogP contribution in [0.5, 0.6) is 0 Å². The molecular weight excluding hydrogens is 195 g/mol. The maximum Gasteiger partial charge on any atom is 0.224 e. The number of hydrogen-bond acceptors (Lipinski definition) is 2. The van der Waals surface area contributed by atoms with Gasteiger partial charge in [0.05, 0.1) is 0 Å². The highest BCUT2D eigenvalue weighted by molar-refractivity contribution is 5.93. The van der Waals surface area contributed by atoms with Crippen LogP contribution in [-0.2, 0) is 11.2 Å². The third-order valence-electron chi connectivity index (χ3n) is 2.61. The Bertz CT molecular complexity index is 415. The number of benzene rings is 1. The molecule has 0 saturated heterocycles. The summed E-state index contributed by atoms with van der Waals surface area (Å²) in [6.07, 6.45) is 1.11. The third kappa shape index (κ3) is 1.85. The van der Waals surface area contributed by atoms with Gasteiger partial charge < -0.3 is 11.1 Å². The summed E-state index contributed by atoms with van der Waals surface area (Å²) >= 11 is 0. The molecular formula is C11H13FN2O. The second-order valence-electron chi connectivity index (χ2n) is 3.87. The molecule has 1 aliphatic heterocycles. The first-order valence-corrected chi connectivity index (χ1v) is 4.95. The molecule has 1 atom stereocenters. The minimum absolute atomic E-state index is 0.0598. The predicted octanol–water partition coefficient (Wildman–Crippen LogP) is 1.73. The molecule has 0 saturated carbocycles. The van der Waals surface area contributed by atoms with Gasteiger partial charge in [-0.05, 0) is 31.0 Å². The van der Waals surface area contributed by atoms with Crippen molar-refractivity contribution < 1.29 is 9.18 Å². The number of halogens is 1. The lowest BCUT2D eigenvalue weighted by Crippen LogP contribution is -2.20. The minimum atomic E-state index is -0.356. The normalized spacial score (nSPS) is 16.9. The highest BCUT2D eigenvalue weighted by Gasteiger charge is 2.18. The Hall–Kier alpha value is -1.42. The SMILES string of the molecule is C[C@@H](N)c1cc2c(cc1F)NC(=O)CC2. The lowest BCUT2D eigenvalue weighted by molar-refractivity contribution is -0.116. The maximum atomic E-state index is 13.5. The third-order valence-corrected chi connectivity index (χ3v) is 2.61. The average molecular weight is 208 g/mol. The van der Waals surface area contributed by atoms with Crippen molar-refractivity contribution in [2.24, 2.45) is 5.73 Å². The van der Waals surface area contributed by atoms with Gasteiger partial charge in [-0.1, -0.05) is 0 Å². The van der Waals surface area contributed by atoms with E-state index < -0.39 is 0 Å². The van der Waals surface area contributed by atoms with Gasteiger partial charge in [-0.25, -0.2) is 4.39 Å². The maximum absolute atomic E-state index is 13.5. The van der Waals surface area contributed by atoms with Crippen molar-refractivity contribution in [2.45, 2.75) is 25.8 Å². The molecule has 0 aliphatic carbocycles. The number of aryl methyl sites for hydroxylation is 1. The lowest BCUT2D eigenvalue weighted by atomic mass is 9.97. The summed E-state index contributed by atoms with van der Waals surface area (Å²) in [5.41, 5.74) is 7.69. The second-order valence-corrected chi connectivity index (χ2v) is 3.87. The number of rotatable bonds is 1. The molecule has 0 fully saturated rings. The molecule has 15 heavy (non-hydrogen) atoms. The summed E-state index contributed by atoms with van der Waals surface area (Å²) in [6.45, 7) is 1.74. The zero-order valence-electron chi connectivity index (χ0n) is 8.51. The summed E-state index contributed by atoms with van der Waals surface area (Å²) in [4.78, 5) is 11.1. The van der Waals surface area contributed by atoms with Crippen LogP contribution >= 0.6 is 0 Å². The Labute approximate surface area is 87.5 Å². The molecule has 0 spiro atoms. The Morgan fingerprint density at radius 2 is 2.20 bits per heavy atom. The topological polar surface area (TPSA) is 55.1 Å². The average Bonchev–Trinajstić information content (AvgIpc) is 2.15.